The van der Waals surface area contributed by atoms with Crippen LogP contribution in [0, 0.1) is 0 Å². The van der Waals surface area contributed by atoms with E-state index in [1.54, 1.807) is 0 Å². The summed E-state index contributed by atoms with van der Waals surface area (Å²) in [4.78, 5) is 4.78. The molecule has 0 aliphatic carbocycles. The van der Waals surface area contributed by atoms with Crippen LogP contribution < -0.4 is 17.1 Å². The number of piperazine rings is 1. The highest BCUT2D eigenvalue weighted by atomic mass is 79.9. The van der Waals surface area contributed by atoms with Crippen molar-refractivity contribution < 1.29 is 27.0 Å². The second-order valence-corrected chi connectivity index (χ2v) is 8.01. The summed E-state index contributed by atoms with van der Waals surface area (Å²) >= 11 is 3.40. The van der Waals surface area contributed by atoms with Gasteiger partial charge in [-0.2, -0.15) is 0 Å². The Morgan fingerprint density at radius 1 is 0.897 bits per heavy atom. The van der Waals surface area contributed by atoms with E-state index in [9.17, 15) is 5.11 Å². The summed E-state index contributed by atoms with van der Waals surface area (Å²) in [5.74, 6) is 0.820. The summed E-state index contributed by atoms with van der Waals surface area (Å²) < 4.78 is 12.2. The highest BCUT2D eigenvalue weighted by Gasteiger charge is 2.19. The summed E-state index contributed by atoms with van der Waals surface area (Å²) in [7, 11) is 0. The molecule has 1 saturated heterocycles. The maximum Gasteiger partial charge on any atom is 0.119 e. The first-order chi connectivity index (χ1) is 13.7. The van der Waals surface area contributed by atoms with Crippen molar-refractivity contribution in [1.29, 1.82) is 0 Å². The number of rotatable bonds is 10. The molecule has 7 heteroatoms. The van der Waals surface area contributed by atoms with E-state index in [2.05, 4.69) is 56.1 Å². The minimum Gasteiger partial charge on any atom is -1.00 e. The lowest BCUT2D eigenvalue weighted by molar-refractivity contribution is -0.000531. The topological polar surface area (TPSA) is 45.2 Å². The first kappa shape index (κ1) is 24.1. The Labute approximate surface area is 188 Å². The van der Waals surface area contributed by atoms with Crippen LogP contribution in [0.1, 0.15) is 5.56 Å². The maximum absolute atomic E-state index is 10.2. The molecule has 1 aliphatic heterocycles. The molecule has 1 fully saturated rings. The predicted molar refractivity (Wildman–Crippen MR) is 115 cm³/mol. The zero-order chi connectivity index (χ0) is 19.6. The third-order valence-corrected chi connectivity index (χ3v) is 5.33. The third-order valence-electron chi connectivity index (χ3n) is 4.80. The summed E-state index contributed by atoms with van der Waals surface area (Å²) in [6.07, 6.45) is -0.464. The molecule has 2 aromatic rings. The number of nitrogens with zero attached hydrogens (tertiary/aromatic N) is 2. The summed E-state index contributed by atoms with van der Waals surface area (Å²) in [6, 6.07) is 18.3. The van der Waals surface area contributed by atoms with E-state index in [0.29, 0.717) is 26.4 Å². The van der Waals surface area contributed by atoms with Gasteiger partial charge in [0.1, 0.15) is 12.4 Å². The van der Waals surface area contributed by atoms with Crippen molar-refractivity contribution in [3.63, 3.8) is 0 Å². The first-order valence-electron chi connectivity index (χ1n) is 9.82. The molecule has 0 aromatic heterocycles. The summed E-state index contributed by atoms with van der Waals surface area (Å²) in [5.41, 5.74) is 1.36. The fourth-order valence-electron chi connectivity index (χ4n) is 3.29. The number of β-amino-alcohol motifs (C(OH)–C–C–N with tert-alkyl or cyclic N) is 1. The molecule has 1 aliphatic rings. The van der Waals surface area contributed by atoms with E-state index in [1.807, 2.05) is 24.3 Å². The normalized spacial score (nSPS) is 16.2. The highest BCUT2D eigenvalue weighted by Crippen LogP contribution is 2.15. The van der Waals surface area contributed by atoms with E-state index < -0.39 is 6.10 Å². The second kappa shape index (κ2) is 13.2. The third kappa shape index (κ3) is 9.03. The van der Waals surface area contributed by atoms with Gasteiger partial charge in [0, 0.05) is 43.7 Å². The van der Waals surface area contributed by atoms with Crippen LogP contribution in [-0.2, 0) is 11.3 Å². The summed E-state index contributed by atoms with van der Waals surface area (Å²) in [5, 5.41) is 10.2. The Morgan fingerprint density at radius 2 is 1.55 bits per heavy atom. The van der Waals surface area contributed by atoms with Crippen LogP contribution in [-0.4, -0.2) is 73.6 Å². The lowest BCUT2D eigenvalue weighted by atomic mass is 10.2. The molecule has 0 amide bonds. The molecule has 0 bridgehead atoms. The van der Waals surface area contributed by atoms with Crippen LogP contribution in [0.4, 0.5) is 0 Å². The Bertz CT molecular complexity index is 682. The van der Waals surface area contributed by atoms with Gasteiger partial charge in [-0.15, -0.1) is 0 Å². The average molecular weight is 485 g/mol. The van der Waals surface area contributed by atoms with Crippen LogP contribution in [0.15, 0.2) is 59.1 Å². The number of ether oxygens (including phenoxy) is 2. The van der Waals surface area contributed by atoms with Gasteiger partial charge >= 0.3 is 0 Å². The quantitative estimate of drug-likeness (QED) is 0.482. The maximum atomic E-state index is 10.2. The molecule has 29 heavy (non-hydrogen) atoms. The van der Waals surface area contributed by atoms with E-state index in [0.717, 1.165) is 42.9 Å². The molecular weight excluding hydrogens is 456 g/mol. The first-order valence-corrected chi connectivity index (χ1v) is 10.6. The van der Waals surface area contributed by atoms with E-state index >= 15 is 0 Å². The van der Waals surface area contributed by atoms with Crippen LogP contribution in [0.3, 0.4) is 0 Å². The van der Waals surface area contributed by atoms with Gasteiger partial charge in [0.2, 0.25) is 0 Å². The molecule has 2 aromatic carbocycles. The van der Waals surface area contributed by atoms with Crippen molar-refractivity contribution in [1.82, 2.24) is 9.80 Å². The van der Waals surface area contributed by atoms with Crippen LogP contribution in [0.5, 0.6) is 5.75 Å². The van der Waals surface area contributed by atoms with Crippen LogP contribution in [0.2, 0.25) is 0 Å². The van der Waals surface area contributed by atoms with Gasteiger partial charge in [-0.1, -0.05) is 46.3 Å². The molecule has 0 spiro atoms. The Balaban J connectivity index is 0.00000300. The molecule has 0 radical (unpaired) electrons. The highest BCUT2D eigenvalue weighted by molar-refractivity contribution is 9.10. The van der Waals surface area contributed by atoms with Crippen molar-refractivity contribution in [2.45, 2.75) is 12.6 Å². The Hall–Kier alpha value is -1.15. The van der Waals surface area contributed by atoms with Crippen LogP contribution in [0.25, 0.3) is 0 Å². The lowest BCUT2D eigenvalue weighted by Crippen LogP contribution is -3.00. The van der Waals surface area contributed by atoms with Crippen LogP contribution >= 0.6 is 15.9 Å². The Morgan fingerprint density at radius 3 is 2.24 bits per heavy atom. The standard InChI is InChI=1S/C22H29BrN2O3.ClH/c23-20-6-8-22(9-7-20)28-15-14-27-18-21(26)17-25-12-10-24(11-13-25)16-19-4-2-1-3-5-19;/h1-9,21,26H,10-18H2;1H/p-1. The minimum absolute atomic E-state index is 0. The van der Waals surface area contributed by atoms with Gasteiger partial charge in [0.15, 0.2) is 0 Å². The SMILES string of the molecule is OC(COCCOc1ccc(Br)cc1)CN1CCN(Cc2ccccc2)CC1.[Cl-]. The zero-order valence-electron chi connectivity index (χ0n) is 16.6. The van der Waals surface area contributed by atoms with Crippen molar-refractivity contribution in [2.24, 2.45) is 0 Å². The molecule has 1 unspecified atom stereocenters. The smallest absolute Gasteiger partial charge is 0.119 e. The molecular formula is C22H29BrClN2O3-. The molecule has 0 saturated carbocycles. The van der Waals surface area contributed by atoms with Gasteiger partial charge in [0.25, 0.3) is 0 Å². The molecule has 160 valence electrons. The average Bonchev–Trinajstić information content (AvgIpc) is 2.71. The number of aliphatic hydroxyl groups is 1. The van der Waals surface area contributed by atoms with Crippen molar-refractivity contribution in [3.05, 3.63) is 64.6 Å². The molecule has 1 heterocycles. The number of halogens is 2. The van der Waals surface area contributed by atoms with Gasteiger partial charge in [-0.05, 0) is 29.8 Å². The lowest BCUT2D eigenvalue weighted by Gasteiger charge is -2.35. The van der Waals surface area contributed by atoms with E-state index in [4.69, 9.17) is 9.47 Å². The monoisotopic (exact) mass is 483 g/mol. The minimum atomic E-state index is -0.464. The number of benzene rings is 2. The fourth-order valence-corrected chi connectivity index (χ4v) is 3.56. The van der Waals surface area contributed by atoms with Gasteiger partial charge in [-0.25, -0.2) is 0 Å². The predicted octanol–water partition coefficient (Wildman–Crippen LogP) is 0.0272. The fraction of sp³-hybridized carbons (Fsp3) is 0.455. The molecule has 5 nitrogen and oxygen atoms in total. The Kier molecular flexibility index (Phi) is 11.0. The van der Waals surface area contributed by atoms with Gasteiger partial charge < -0.3 is 27.0 Å². The largest absolute Gasteiger partial charge is 1.00 e. The van der Waals surface area contributed by atoms with Gasteiger partial charge in [-0.3, -0.25) is 9.80 Å². The van der Waals surface area contributed by atoms with Crippen molar-refractivity contribution in [2.75, 3.05) is 52.5 Å². The van der Waals surface area contributed by atoms with Crippen molar-refractivity contribution >= 4 is 15.9 Å². The number of hydrogen-bond donors (Lipinski definition) is 1. The zero-order valence-corrected chi connectivity index (χ0v) is 18.9. The van der Waals surface area contributed by atoms with Gasteiger partial charge in [0.05, 0.1) is 19.3 Å². The number of aliphatic hydroxyl groups excluding tert-OH is 1. The molecule has 1 atom stereocenters. The second-order valence-electron chi connectivity index (χ2n) is 7.09. The van der Waals surface area contributed by atoms with E-state index in [-0.39, 0.29) is 12.4 Å². The summed E-state index contributed by atoms with van der Waals surface area (Å²) in [6.45, 7) is 6.98. The molecule has 3 rings (SSSR count). The number of hydrogen-bond acceptors (Lipinski definition) is 5. The molecule has 1 N–H and O–H groups in total. The van der Waals surface area contributed by atoms with Crippen molar-refractivity contribution in [3.8, 4) is 5.75 Å². The van der Waals surface area contributed by atoms with E-state index in [1.165, 1.54) is 5.56 Å².